The van der Waals surface area contributed by atoms with Crippen LogP contribution in [-0.4, -0.2) is 41.1 Å². The van der Waals surface area contributed by atoms with Crippen LogP contribution in [0.15, 0.2) is 6.33 Å². The summed E-state index contributed by atoms with van der Waals surface area (Å²) in [6.07, 6.45) is 1.10. The minimum absolute atomic E-state index is 0.0973. The molecule has 0 saturated carbocycles. The molecule has 1 N–H and O–H groups in total. The molecular weight excluding hydrogens is 244 g/mol. The molecule has 0 aromatic carbocycles. The molecule has 98 valence electrons. The molecule has 1 aromatic rings. The van der Waals surface area contributed by atoms with Crippen LogP contribution in [0, 0.1) is 10.1 Å². The van der Waals surface area contributed by atoms with Gasteiger partial charge in [0.1, 0.15) is 12.9 Å². The number of methoxy groups -OCH3 is 1. The lowest BCUT2D eigenvalue weighted by atomic mass is 10.4. The van der Waals surface area contributed by atoms with E-state index in [1.54, 1.807) is 6.92 Å². The van der Waals surface area contributed by atoms with Crippen LogP contribution in [0.1, 0.15) is 6.92 Å². The molecule has 0 aliphatic heterocycles. The Morgan fingerprint density at radius 1 is 1.56 bits per heavy atom. The molecule has 0 aliphatic carbocycles. The van der Waals surface area contributed by atoms with Gasteiger partial charge in [0.25, 0.3) is 5.88 Å². The van der Waals surface area contributed by atoms with Crippen molar-refractivity contribution in [1.82, 2.24) is 9.97 Å². The van der Waals surface area contributed by atoms with E-state index in [-0.39, 0.29) is 24.8 Å². The second kappa shape index (κ2) is 6.33. The molecule has 1 heterocycles. The summed E-state index contributed by atoms with van der Waals surface area (Å²) < 4.78 is 9.43. The average Bonchev–Trinajstić information content (AvgIpc) is 2.35. The highest BCUT2D eigenvalue weighted by atomic mass is 16.6. The Labute approximate surface area is 102 Å². The number of aromatic nitrogens is 2. The van der Waals surface area contributed by atoms with Crippen LogP contribution in [0.3, 0.4) is 0 Å². The Hall–Kier alpha value is -2.45. The van der Waals surface area contributed by atoms with Gasteiger partial charge in [0.2, 0.25) is 5.82 Å². The standard InChI is InChI=1S/C9H12N4O5/c1-3-18-6(14)4-10-8-7(13(15)16)9(17-2)12-5-11-8/h5H,3-4H2,1-2H3,(H,10,11,12). The number of carbonyl (C=O) groups excluding carboxylic acids is 1. The second-order valence-electron chi connectivity index (χ2n) is 3.00. The number of nitro groups is 1. The Balaban J connectivity index is 2.88. The van der Waals surface area contributed by atoms with Crippen LogP contribution in [0.25, 0.3) is 0 Å². The molecule has 1 rings (SSSR count). The van der Waals surface area contributed by atoms with Gasteiger partial charge in [-0.25, -0.2) is 4.98 Å². The highest BCUT2D eigenvalue weighted by Crippen LogP contribution is 2.29. The number of anilines is 1. The highest BCUT2D eigenvalue weighted by Gasteiger charge is 2.24. The van der Waals surface area contributed by atoms with Crippen molar-refractivity contribution in [3.63, 3.8) is 0 Å². The fraction of sp³-hybridized carbons (Fsp3) is 0.444. The number of carbonyl (C=O) groups is 1. The number of ether oxygens (including phenoxy) is 2. The van der Waals surface area contributed by atoms with Gasteiger partial charge in [0, 0.05) is 0 Å². The second-order valence-corrected chi connectivity index (χ2v) is 3.00. The largest absolute Gasteiger partial charge is 0.476 e. The van der Waals surface area contributed by atoms with Gasteiger partial charge in [-0.2, -0.15) is 4.98 Å². The maximum atomic E-state index is 11.1. The molecule has 0 unspecified atom stereocenters. The van der Waals surface area contributed by atoms with E-state index < -0.39 is 16.6 Å². The molecule has 9 heteroatoms. The van der Waals surface area contributed by atoms with Gasteiger partial charge in [-0.3, -0.25) is 14.9 Å². The normalized spacial score (nSPS) is 9.67. The Kier molecular flexibility index (Phi) is 4.78. The summed E-state index contributed by atoms with van der Waals surface area (Å²) >= 11 is 0. The zero-order valence-corrected chi connectivity index (χ0v) is 9.87. The number of hydrogen-bond acceptors (Lipinski definition) is 8. The number of hydrogen-bond donors (Lipinski definition) is 1. The summed E-state index contributed by atoms with van der Waals surface area (Å²) in [6.45, 7) is 1.67. The maximum Gasteiger partial charge on any atom is 0.372 e. The van der Waals surface area contributed by atoms with E-state index in [0.717, 1.165) is 6.33 Å². The van der Waals surface area contributed by atoms with E-state index in [1.807, 2.05) is 0 Å². The monoisotopic (exact) mass is 256 g/mol. The quantitative estimate of drug-likeness (QED) is 0.440. The van der Waals surface area contributed by atoms with Crippen LogP contribution >= 0.6 is 0 Å². The van der Waals surface area contributed by atoms with Gasteiger partial charge in [-0.05, 0) is 6.92 Å². The molecule has 0 fully saturated rings. The third-order valence-corrected chi connectivity index (χ3v) is 1.87. The minimum atomic E-state index is -0.688. The van der Waals surface area contributed by atoms with Crippen LogP contribution in [0.2, 0.25) is 0 Å². The Bertz CT molecular complexity index is 451. The zero-order valence-electron chi connectivity index (χ0n) is 9.87. The van der Waals surface area contributed by atoms with Crippen LogP contribution in [0.4, 0.5) is 11.5 Å². The van der Waals surface area contributed by atoms with Gasteiger partial charge in [0.15, 0.2) is 0 Å². The topological polar surface area (TPSA) is 116 Å². The van der Waals surface area contributed by atoms with Gasteiger partial charge in [-0.15, -0.1) is 0 Å². The molecule has 9 nitrogen and oxygen atoms in total. The summed E-state index contributed by atoms with van der Waals surface area (Å²) in [5.74, 6) is -0.814. The third-order valence-electron chi connectivity index (χ3n) is 1.87. The minimum Gasteiger partial charge on any atom is -0.476 e. The van der Waals surface area contributed by atoms with Crippen molar-refractivity contribution in [3.05, 3.63) is 16.4 Å². The predicted octanol–water partition coefficient (Wildman–Crippen LogP) is 0.368. The lowest BCUT2D eigenvalue weighted by molar-refractivity contribution is -0.385. The third kappa shape index (κ3) is 3.27. The lowest BCUT2D eigenvalue weighted by Crippen LogP contribution is -2.18. The first-order valence-corrected chi connectivity index (χ1v) is 5.03. The highest BCUT2D eigenvalue weighted by molar-refractivity contribution is 5.76. The SMILES string of the molecule is CCOC(=O)CNc1ncnc(OC)c1[N+](=O)[O-]. The summed E-state index contributed by atoms with van der Waals surface area (Å²) in [6, 6.07) is 0. The fourth-order valence-electron chi connectivity index (χ4n) is 1.17. The first-order valence-electron chi connectivity index (χ1n) is 5.03. The van der Waals surface area contributed by atoms with Gasteiger partial charge in [0.05, 0.1) is 18.6 Å². The molecule has 1 aromatic heterocycles. The van der Waals surface area contributed by atoms with E-state index in [0.29, 0.717) is 0 Å². The van der Waals surface area contributed by atoms with Gasteiger partial charge < -0.3 is 14.8 Å². The van der Waals surface area contributed by atoms with Crippen LogP contribution in [-0.2, 0) is 9.53 Å². The number of rotatable bonds is 6. The van der Waals surface area contributed by atoms with Crippen LogP contribution < -0.4 is 10.1 Å². The molecule has 0 bridgehead atoms. The fourth-order valence-corrected chi connectivity index (χ4v) is 1.17. The smallest absolute Gasteiger partial charge is 0.372 e. The van der Waals surface area contributed by atoms with Crippen molar-refractivity contribution >= 4 is 17.5 Å². The maximum absolute atomic E-state index is 11.1. The van der Waals surface area contributed by atoms with E-state index >= 15 is 0 Å². The van der Waals surface area contributed by atoms with E-state index in [4.69, 9.17) is 4.74 Å². The van der Waals surface area contributed by atoms with Crippen molar-refractivity contribution < 1.29 is 19.2 Å². The Morgan fingerprint density at radius 2 is 2.28 bits per heavy atom. The Morgan fingerprint density at radius 3 is 2.83 bits per heavy atom. The van der Waals surface area contributed by atoms with Crippen molar-refractivity contribution in [3.8, 4) is 5.88 Å². The van der Waals surface area contributed by atoms with Crippen molar-refractivity contribution in [2.75, 3.05) is 25.6 Å². The molecule has 0 aliphatic rings. The first-order chi connectivity index (χ1) is 8.60. The average molecular weight is 256 g/mol. The lowest BCUT2D eigenvalue weighted by Gasteiger charge is -2.07. The molecule has 0 spiro atoms. The van der Waals surface area contributed by atoms with E-state index in [1.165, 1.54) is 7.11 Å². The molecule has 0 atom stereocenters. The first kappa shape index (κ1) is 13.6. The number of esters is 1. The molecule has 0 saturated heterocycles. The summed E-state index contributed by atoms with van der Waals surface area (Å²) in [7, 11) is 1.25. The zero-order chi connectivity index (χ0) is 13.5. The van der Waals surface area contributed by atoms with E-state index in [2.05, 4.69) is 20.0 Å². The van der Waals surface area contributed by atoms with E-state index in [9.17, 15) is 14.9 Å². The number of nitrogens with zero attached hydrogens (tertiary/aromatic N) is 3. The molecule has 18 heavy (non-hydrogen) atoms. The molecule has 0 radical (unpaired) electrons. The van der Waals surface area contributed by atoms with Crippen LogP contribution in [0.5, 0.6) is 5.88 Å². The number of nitrogens with one attached hydrogen (secondary N) is 1. The summed E-state index contributed by atoms with van der Waals surface area (Å²) in [4.78, 5) is 28.6. The van der Waals surface area contributed by atoms with Crippen molar-refractivity contribution in [2.24, 2.45) is 0 Å². The van der Waals surface area contributed by atoms with Crippen molar-refractivity contribution in [2.45, 2.75) is 6.92 Å². The summed E-state index contributed by atoms with van der Waals surface area (Å²) in [5, 5.41) is 13.4. The molecular formula is C9H12N4O5. The predicted molar refractivity (Wildman–Crippen MR) is 60.4 cm³/mol. The summed E-state index contributed by atoms with van der Waals surface area (Å²) in [5.41, 5.74) is -0.427. The van der Waals surface area contributed by atoms with Crippen molar-refractivity contribution in [1.29, 1.82) is 0 Å². The molecule has 0 amide bonds. The van der Waals surface area contributed by atoms with Gasteiger partial charge >= 0.3 is 11.7 Å². The van der Waals surface area contributed by atoms with Gasteiger partial charge in [-0.1, -0.05) is 0 Å².